The van der Waals surface area contributed by atoms with Gasteiger partial charge >= 0.3 is 29.2 Å². The summed E-state index contributed by atoms with van der Waals surface area (Å²) in [5.41, 5.74) is 0. The summed E-state index contributed by atoms with van der Waals surface area (Å²) >= 11 is 2.42. The summed E-state index contributed by atoms with van der Waals surface area (Å²) in [6, 6.07) is 0. The SMILES string of the molecule is [Cl][Ag].[NH2-].[NH2-]. The van der Waals surface area contributed by atoms with Crippen molar-refractivity contribution in [3.63, 3.8) is 0 Å². The maximum absolute atomic E-state index is 4.45. The van der Waals surface area contributed by atoms with Crippen LogP contribution in [0.15, 0.2) is 0 Å². The zero-order valence-electron chi connectivity index (χ0n) is 1.83. The Morgan fingerprint density at radius 2 is 1.00 bits per heavy atom. The van der Waals surface area contributed by atoms with Gasteiger partial charge in [0.2, 0.25) is 0 Å². The second-order valence-corrected chi connectivity index (χ2v) is 0. The molecule has 34 valence electrons. The van der Waals surface area contributed by atoms with Gasteiger partial charge in [-0.1, -0.05) is 0 Å². The van der Waals surface area contributed by atoms with Gasteiger partial charge in [0.05, 0.1) is 0 Å². The molecule has 0 aromatic heterocycles. The van der Waals surface area contributed by atoms with Gasteiger partial charge in [0.1, 0.15) is 0 Å². The van der Waals surface area contributed by atoms with Gasteiger partial charge in [-0.2, -0.15) is 0 Å². The molecule has 0 atom stereocenters. The quantitative estimate of drug-likeness (QED) is 0.506. The Balaban J connectivity index is -0.00000000500. The Morgan fingerprint density at radius 1 is 1.00 bits per heavy atom. The molecule has 0 radical (unpaired) electrons. The molecule has 0 aromatic rings. The average Bonchev–Trinajstić information content (AvgIpc) is 1.00. The number of hydrogen-bond donors (Lipinski definition) is 0. The normalized spacial score (nSPS) is 1.75. The maximum atomic E-state index is 4.45. The van der Waals surface area contributed by atoms with Crippen molar-refractivity contribution >= 4 is 9.19 Å². The fourth-order valence-corrected chi connectivity index (χ4v) is 0. The van der Waals surface area contributed by atoms with Crippen molar-refractivity contribution in [2.75, 3.05) is 0 Å². The monoisotopic (exact) mass is 174 g/mol. The van der Waals surface area contributed by atoms with Crippen LogP contribution in [-0.2, 0) is 20.0 Å². The molecule has 0 amide bonds. The fourth-order valence-electron chi connectivity index (χ4n) is 0. The summed E-state index contributed by atoms with van der Waals surface area (Å²) in [6.07, 6.45) is 0. The van der Waals surface area contributed by atoms with Crippen LogP contribution in [0, 0.1) is 0 Å². The first-order valence-electron chi connectivity index (χ1n) is 0.114. The van der Waals surface area contributed by atoms with Crippen molar-refractivity contribution in [1.82, 2.24) is 0 Å². The van der Waals surface area contributed by atoms with Crippen LogP contribution < -0.4 is 0 Å². The van der Waals surface area contributed by atoms with Crippen LogP contribution in [0.5, 0.6) is 0 Å². The van der Waals surface area contributed by atoms with Gasteiger partial charge in [-0.05, 0) is 0 Å². The molecule has 0 fully saturated rings. The van der Waals surface area contributed by atoms with Crippen LogP contribution in [-0.4, -0.2) is 0 Å². The van der Waals surface area contributed by atoms with Gasteiger partial charge in [0.15, 0.2) is 0 Å². The van der Waals surface area contributed by atoms with Crippen molar-refractivity contribution in [2.45, 2.75) is 0 Å². The molecule has 0 heterocycles. The van der Waals surface area contributed by atoms with Gasteiger partial charge in [-0.25, -0.2) is 0 Å². The van der Waals surface area contributed by atoms with Crippen LogP contribution in [0.25, 0.3) is 12.3 Å². The van der Waals surface area contributed by atoms with Crippen LogP contribution in [0.2, 0.25) is 0 Å². The second kappa shape index (κ2) is 38.1. The summed E-state index contributed by atoms with van der Waals surface area (Å²) in [5.74, 6) is 0. The first-order valence-corrected chi connectivity index (χ1v) is 2.02. The average molecular weight is 175 g/mol. The minimum absolute atomic E-state index is 0. The van der Waals surface area contributed by atoms with Crippen molar-refractivity contribution in [3.8, 4) is 0 Å². The third-order valence-corrected chi connectivity index (χ3v) is 0. The Kier molecular flexibility index (Phi) is 193. The van der Waals surface area contributed by atoms with Crippen molar-refractivity contribution in [1.29, 1.82) is 0 Å². The summed E-state index contributed by atoms with van der Waals surface area (Å²) < 4.78 is 0. The van der Waals surface area contributed by atoms with Crippen LogP contribution in [0.1, 0.15) is 0 Å². The van der Waals surface area contributed by atoms with E-state index in [-0.39, 0.29) is 12.3 Å². The molecule has 4 heteroatoms. The molecule has 0 unspecified atom stereocenters. The van der Waals surface area contributed by atoms with Gasteiger partial charge < -0.3 is 12.3 Å². The fraction of sp³-hybridized carbons (Fsp3) is 0. The van der Waals surface area contributed by atoms with E-state index < -0.39 is 0 Å². The minimum atomic E-state index is 0. The first kappa shape index (κ1) is 20.3. The third kappa shape index (κ3) is 12.4. The van der Waals surface area contributed by atoms with Gasteiger partial charge in [-0.15, -0.1) is 0 Å². The van der Waals surface area contributed by atoms with E-state index in [1.54, 1.807) is 0 Å². The number of hydrogen-bond acceptors (Lipinski definition) is 0. The standard InChI is InChI=1S/Ag.ClH.2H2N/h;1H;2*1H2/q+1;;2*-1/p-1. The second-order valence-electron chi connectivity index (χ2n) is 0. The van der Waals surface area contributed by atoms with E-state index in [4.69, 9.17) is 0 Å². The van der Waals surface area contributed by atoms with E-state index in [0.717, 1.165) is 0 Å². The third-order valence-electron chi connectivity index (χ3n) is 0. The van der Waals surface area contributed by atoms with Crippen LogP contribution in [0.4, 0.5) is 0 Å². The molecule has 2 nitrogen and oxygen atoms in total. The minimum Gasteiger partial charge on any atom is -0.693 e. The summed E-state index contributed by atoms with van der Waals surface area (Å²) in [6.45, 7) is 0. The van der Waals surface area contributed by atoms with Gasteiger partial charge in [-0.3, -0.25) is 0 Å². The number of nitrogens with two attached hydrogens (primary N) is 2. The molecule has 0 aromatic carbocycles. The molecule has 0 aliphatic heterocycles. The van der Waals surface area contributed by atoms with E-state index in [2.05, 4.69) is 29.2 Å². The topological polar surface area (TPSA) is 67.0 Å². The molecular formula is H4AgClN2-2. The molecule has 0 spiro atoms. The predicted molar refractivity (Wildman–Crippen MR) is 16.4 cm³/mol. The predicted octanol–water partition coefficient (Wildman–Crippen LogP) is 2.12. The zero-order chi connectivity index (χ0) is 2.00. The van der Waals surface area contributed by atoms with Crippen molar-refractivity contribution in [2.24, 2.45) is 0 Å². The van der Waals surface area contributed by atoms with E-state index in [9.17, 15) is 0 Å². The Bertz CT molecular complexity index is 6.00. The van der Waals surface area contributed by atoms with Crippen molar-refractivity contribution in [3.05, 3.63) is 12.3 Å². The molecule has 0 bridgehead atoms. The maximum Gasteiger partial charge on any atom is -0.693 e. The summed E-state index contributed by atoms with van der Waals surface area (Å²) in [7, 11) is 4.45. The summed E-state index contributed by atoms with van der Waals surface area (Å²) in [5, 5.41) is 0. The molecule has 4 N–H and O–H groups in total. The molecule has 0 rings (SSSR count). The van der Waals surface area contributed by atoms with Gasteiger partial charge in [0.25, 0.3) is 0 Å². The zero-order valence-corrected chi connectivity index (χ0v) is 4.07. The Morgan fingerprint density at radius 3 is 1.00 bits per heavy atom. The number of rotatable bonds is 0. The number of halogens is 1. The first-order chi connectivity index (χ1) is 1.00. The molecule has 0 aliphatic carbocycles. The largest absolute Gasteiger partial charge is 0.693 e. The smallest absolute Gasteiger partial charge is 0.693 e. The van der Waals surface area contributed by atoms with Crippen LogP contribution in [0.3, 0.4) is 0 Å². The molecule has 0 saturated carbocycles. The van der Waals surface area contributed by atoms with E-state index in [0.29, 0.717) is 0 Å². The molecule has 4 heavy (non-hydrogen) atoms. The summed E-state index contributed by atoms with van der Waals surface area (Å²) in [4.78, 5) is 0. The Labute approximate surface area is 41.8 Å². The van der Waals surface area contributed by atoms with E-state index >= 15 is 0 Å². The van der Waals surface area contributed by atoms with Gasteiger partial charge in [0, 0.05) is 0 Å². The van der Waals surface area contributed by atoms with Crippen molar-refractivity contribution < 1.29 is 20.0 Å². The molecule has 0 aliphatic rings. The molecule has 0 saturated heterocycles. The molecular weight excluding hydrogens is 171 g/mol. The van der Waals surface area contributed by atoms with Crippen LogP contribution >= 0.6 is 9.19 Å². The van der Waals surface area contributed by atoms with E-state index in [1.807, 2.05) is 0 Å². The van der Waals surface area contributed by atoms with E-state index in [1.165, 1.54) is 0 Å². The Hall–Kier alpha value is 0.950.